The zero-order valence-corrected chi connectivity index (χ0v) is 24.3. The Morgan fingerprint density at radius 3 is 2.23 bits per heavy atom. The first-order valence-electron chi connectivity index (χ1n) is 14.6. The lowest BCUT2D eigenvalue weighted by molar-refractivity contribution is -0.146. The third kappa shape index (κ3) is 6.06. The molecule has 3 aromatic rings. The molecule has 6 heteroatoms. The number of hydrogen-bond acceptors (Lipinski definition) is 5. The molecule has 5 rings (SSSR count). The summed E-state index contributed by atoms with van der Waals surface area (Å²) in [5, 5.41) is 3.01. The van der Waals surface area contributed by atoms with Crippen LogP contribution in [-0.4, -0.2) is 36.1 Å². The lowest BCUT2D eigenvalue weighted by Crippen LogP contribution is -2.44. The Morgan fingerprint density at radius 1 is 0.950 bits per heavy atom. The molecule has 40 heavy (non-hydrogen) atoms. The molecule has 1 aromatic heterocycles. The summed E-state index contributed by atoms with van der Waals surface area (Å²) in [6, 6.07) is 17.7. The van der Waals surface area contributed by atoms with E-state index in [0.717, 1.165) is 52.4 Å². The molecular weight excluding hydrogens is 498 g/mol. The quantitative estimate of drug-likeness (QED) is 0.328. The molecule has 0 radical (unpaired) electrons. The molecule has 6 nitrogen and oxygen atoms in total. The van der Waals surface area contributed by atoms with E-state index in [4.69, 9.17) is 9.72 Å². The van der Waals surface area contributed by atoms with E-state index >= 15 is 0 Å². The maximum atomic E-state index is 12.9. The van der Waals surface area contributed by atoms with E-state index in [9.17, 15) is 9.59 Å². The van der Waals surface area contributed by atoms with E-state index in [-0.39, 0.29) is 24.4 Å². The van der Waals surface area contributed by atoms with E-state index in [1.165, 1.54) is 32.1 Å². The molecular formula is C34H41N3O3. The minimum atomic E-state index is -0.228. The first-order chi connectivity index (χ1) is 19.2. The normalized spacial score (nSPS) is 16.1. The number of carbonyl (C=O) groups is 2. The molecule has 0 bridgehead atoms. The highest BCUT2D eigenvalue weighted by Crippen LogP contribution is 2.50. The van der Waals surface area contributed by atoms with Gasteiger partial charge in [0, 0.05) is 47.7 Å². The number of piperidine rings is 1. The smallest absolute Gasteiger partial charge is 0.310 e. The van der Waals surface area contributed by atoms with Crippen molar-refractivity contribution in [2.24, 2.45) is 5.41 Å². The van der Waals surface area contributed by atoms with E-state index < -0.39 is 0 Å². The average molecular weight is 540 g/mol. The van der Waals surface area contributed by atoms with Crippen molar-refractivity contribution in [3.05, 3.63) is 82.7 Å². The summed E-state index contributed by atoms with van der Waals surface area (Å²) in [5.41, 5.74) is 8.08. The molecule has 2 heterocycles. The molecule has 2 fully saturated rings. The van der Waals surface area contributed by atoms with Crippen molar-refractivity contribution < 1.29 is 14.3 Å². The highest BCUT2D eigenvalue weighted by atomic mass is 16.5. The minimum Gasteiger partial charge on any atom is -0.463 e. The van der Waals surface area contributed by atoms with E-state index in [1.54, 1.807) is 0 Å². The fourth-order valence-electron chi connectivity index (χ4n) is 6.27. The first kappa shape index (κ1) is 27.9. The minimum absolute atomic E-state index is 0.103. The fourth-order valence-corrected chi connectivity index (χ4v) is 6.27. The largest absolute Gasteiger partial charge is 0.463 e. The van der Waals surface area contributed by atoms with Crippen LogP contribution < -0.4 is 10.2 Å². The van der Waals surface area contributed by atoms with Crippen LogP contribution in [0.1, 0.15) is 78.8 Å². The van der Waals surface area contributed by atoms with Crippen molar-refractivity contribution in [1.29, 1.82) is 0 Å². The molecule has 0 unspecified atom stereocenters. The van der Waals surface area contributed by atoms with Gasteiger partial charge in [0.25, 0.3) is 5.91 Å². The number of nitrogens with one attached hydrogen (secondary N) is 1. The second-order valence-corrected chi connectivity index (χ2v) is 11.8. The number of ether oxygens (including phenoxy) is 1. The van der Waals surface area contributed by atoms with Gasteiger partial charge >= 0.3 is 5.97 Å². The van der Waals surface area contributed by atoms with Crippen molar-refractivity contribution in [2.75, 3.05) is 18.0 Å². The van der Waals surface area contributed by atoms with Crippen molar-refractivity contribution >= 4 is 17.6 Å². The first-order valence-corrected chi connectivity index (χ1v) is 14.6. The Kier molecular flexibility index (Phi) is 8.24. The van der Waals surface area contributed by atoms with Crippen LogP contribution in [0.2, 0.25) is 0 Å². The van der Waals surface area contributed by atoms with E-state index in [0.29, 0.717) is 17.5 Å². The molecule has 0 atom stereocenters. The van der Waals surface area contributed by atoms with Gasteiger partial charge in [-0.15, -0.1) is 0 Å². The Balaban J connectivity index is 1.46. The lowest BCUT2D eigenvalue weighted by Gasteiger charge is -2.49. The number of aromatic nitrogens is 1. The van der Waals surface area contributed by atoms with Gasteiger partial charge in [-0.05, 0) is 82.1 Å². The third-order valence-electron chi connectivity index (χ3n) is 8.63. The second kappa shape index (κ2) is 11.8. The van der Waals surface area contributed by atoms with Gasteiger partial charge in [0.1, 0.15) is 0 Å². The summed E-state index contributed by atoms with van der Waals surface area (Å²) in [6.07, 6.45) is 6.42. The number of pyridine rings is 1. The SMILES string of the molecule is Cc1nc(C)c(-c2ccc(C(=O)NCc3ccccc3)cc2)c(N2CCC3(CCC3)CC2)c1CC(=O)OC(C)C. The van der Waals surface area contributed by atoms with Gasteiger partial charge in [0.2, 0.25) is 0 Å². The van der Waals surface area contributed by atoms with Crippen molar-refractivity contribution in [3.63, 3.8) is 0 Å². The predicted octanol–water partition coefficient (Wildman–Crippen LogP) is 6.56. The van der Waals surface area contributed by atoms with Crippen LogP contribution in [0, 0.1) is 19.3 Å². The summed E-state index contributed by atoms with van der Waals surface area (Å²) in [5.74, 6) is -0.331. The van der Waals surface area contributed by atoms with E-state index in [1.807, 2.05) is 82.3 Å². The van der Waals surface area contributed by atoms with E-state index in [2.05, 4.69) is 10.2 Å². The van der Waals surface area contributed by atoms with Gasteiger partial charge in [-0.25, -0.2) is 0 Å². The molecule has 1 amide bonds. The number of nitrogens with zero attached hydrogens (tertiary/aromatic N) is 2. The maximum Gasteiger partial charge on any atom is 0.310 e. The molecule has 1 aliphatic heterocycles. The Hall–Kier alpha value is -3.67. The number of hydrogen-bond donors (Lipinski definition) is 1. The Bertz CT molecular complexity index is 1350. The second-order valence-electron chi connectivity index (χ2n) is 11.8. The van der Waals surface area contributed by atoms with Gasteiger partial charge in [-0.3, -0.25) is 14.6 Å². The average Bonchev–Trinajstić information content (AvgIpc) is 2.92. The van der Waals surface area contributed by atoms with Crippen LogP contribution in [0.15, 0.2) is 54.6 Å². The zero-order chi connectivity index (χ0) is 28.3. The van der Waals surface area contributed by atoms with Crippen molar-refractivity contribution in [1.82, 2.24) is 10.3 Å². The fraction of sp³-hybridized carbons (Fsp3) is 0.441. The Labute approximate surface area is 238 Å². The summed E-state index contributed by atoms with van der Waals surface area (Å²) < 4.78 is 5.55. The van der Waals surface area contributed by atoms with Crippen molar-refractivity contribution in [2.45, 2.75) is 78.9 Å². The van der Waals surface area contributed by atoms with Gasteiger partial charge in [0.05, 0.1) is 18.2 Å². The number of amides is 1. The summed E-state index contributed by atoms with van der Waals surface area (Å²) >= 11 is 0. The molecule has 1 saturated heterocycles. The van der Waals surface area contributed by atoms with Gasteiger partial charge in [-0.1, -0.05) is 48.9 Å². The number of benzene rings is 2. The van der Waals surface area contributed by atoms with Gasteiger partial charge in [-0.2, -0.15) is 0 Å². The number of anilines is 1. The molecule has 2 aromatic carbocycles. The Morgan fingerprint density at radius 2 is 1.62 bits per heavy atom. The number of esters is 1. The van der Waals surface area contributed by atoms with Gasteiger partial charge in [0.15, 0.2) is 0 Å². The molecule has 210 valence electrons. The summed E-state index contributed by atoms with van der Waals surface area (Å²) in [7, 11) is 0. The van der Waals surface area contributed by atoms with Crippen molar-refractivity contribution in [3.8, 4) is 11.1 Å². The maximum absolute atomic E-state index is 12.9. The van der Waals surface area contributed by atoms with Crippen LogP contribution in [0.5, 0.6) is 0 Å². The molecule has 2 aliphatic rings. The number of aryl methyl sites for hydroxylation is 2. The number of rotatable bonds is 8. The topological polar surface area (TPSA) is 71.5 Å². The highest BCUT2D eigenvalue weighted by molar-refractivity contribution is 5.95. The third-order valence-corrected chi connectivity index (χ3v) is 8.63. The molecule has 1 N–H and O–H groups in total. The molecule has 1 saturated carbocycles. The van der Waals surface area contributed by atoms with Gasteiger partial charge < -0.3 is 15.0 Å². The van der Waals surface area contributed by atoms with Crippen LogP contribution in [0.25, 0.3) is 11.1 Å². The van der Waals surface area contributed by atoms with Crippen LogP contribution >= 0.6 is 0 Å². The standard InChI is InChI=1S/C34H41N3O3/c1-23(2)40-30(38)21-29-24(3)36-25(4)31(32(29)37-19-17-34(18-20-37)15-8-16-34)27-11-13-28(14-12-27)33(39)35-22-26-9-6-5-7-10-26/h5-7,9-14,23H,8,15-22H2,1-4H3,(H,35,39). The predicted molar refractivity (Wildman–Crippen MR) is 159 cm³/mol. The highest BCUT2D eigenvalue weighted by Gasteiger charge is 2.40. The monoisotopic (exact) mass is 539 g/mol. The molecule has 1 spiro atoms. The summed E-state index contributed by atoms with van der Waals surface area (Å²) in [4.78, 5) is 33.1. The van der Waals surface area contributed by atoms with Crippen LogP contribution in [-0.2, 0) is 22.5 Å². The lowest BCUT2D eigenvalue weighted by atomic mass is 9.63. The number of carbonyl (C=O) groups excluding carboxylic acids is 2. The zero-order valence-electron chi connectivity index (χ0n) is 24.3. The summed E-state index contributed by atoms with van der Waals surface area (Å²) in [6.45, 7) is 10.2. The van der Waals surface area contributed by atoms with Crippen LogP contribution in [0.3, 0.4) is 0 Å². The molecule has 1 aliphatic carbocycles. The van der Waals surface area contributed by atoms with Crippen LogP contribution in [0.4, 0.5) is 5.69 Å².